The lowest BCUT2D eigenvalue weighted by Gasteiger charge is -2.11. The minimum Gasteiger partial charge on any atom is -0.397 e. The number of nitrogen functional groups attached to an aromatic ring is 1. The van der Waals surface area contributed by atoms with Gasteiger partial charge in [0.25, 0.3) is 0 Å². The number of para-hydroxylation sites is 2. The summed E-state index contributed by atoms with van der Waals surface area (Å²) in [6.07, 6.45) is 3.74. The molecule has 3 N–H and O–H groups in total. The highest BCUT2D eigenvalue weighted by atomic mass is 14.9. The summed E-state index contributed by atoms with van der Waals surface area (Å²) in [5, 5.41) is 12.2. The van der Waals surface area contributed by atoms with Crippen LogP contribution in [0.25, 0.3) is 6.08 Å². The maximum absolute atomic E-state index is 9.15. The van der Waals surface area contributed by atoms with Gasteiger partial charge in [0.15, 0.2) is 0 Å². The second kappa shape index (κ2) is 6.27. The molecule has 0 heterocycles. The lowest BCUT2D eigenvalue weighted by atomic mass is 10.1. The van der Waals surface area contributed by atoms with Gasteiger partial charge < -0.3 is 11.1 Å². The summed E-state index contributed by atoms with van der Waals surface area (Å²) in [6.45, 7) is 0. The van der Waals surface area contributed by atoms with Crippen LogP contribution in [0.4, 0.5) is 11.4 Å². The smallest absolute Gasteiger partial charge is 0.133 e. The van der Waals surface area contributed by atoms with E-state index in [2.05, 4.69) is 11.4 Å². The predicted octanol–water partition coefficient (Wildman–Crippen LogP) is 3.29. The SMILES string of the molecule is N#C[C@H](/C=C\c1ccccc1)Nc1ccccc1N. The minimum atomic E-state index is -0.412. The van der Waals surface area contributed by atoms with Crippen LogP contribution >= 0.6 is 0 Å². The Morgan fingerprint density at radius 2 is 1.74 bits per heavy atom. The molecule has 0 aliphatic rings. The van der Waals surface area contributed by atoms with E-state index in [0.717, 1.165) is 11.3 Å². The maximum Gasteiger partial charge on any atom is 0.133 e. The first-order chi connectivity index (χ1) is 9.29. The Morgan fingerprint density at radius 3 is 2.42 bits per heavy atom. The van der Waals surface area contributed by atoms with Gasteiger partial charge in [0.2, 0.25) is 0 Å². The fraction of sp³-hybridized carbons (Fsp3) is 0.0625. The standard InChI is InChI=1S/C16H15N3/c17-12-14(11-10-13-6-2-1-3-7-13)19-16-9-5-4-8-15(16)18/h1-11,14,19H,18H2/b11-10-/t14-/m0/s1. The molecule has 3 nitrogen and oxygen atoms in total. The van der Waals surface area contributed by atoms with E-state index < -0.39 is 6.04 Å². The van der Waals surface area contributed by atoms with Crippen LogP contribution in [0.2, 0.25) is 0 Å². The van der Waals surface area contributed by atoms with Crippen molar-refractivity contribution < 1.29 is 0 Å². The molecule has 1 atom stereocenters. The molecule has 94 valence electrons. The zero-order valence-electron chi connectivity index (χ0n) is 10.5. The second-order valence-electron chi connectivity index (χ2n) is 4.11. The van der Waals surface area contributed by atoms with E-state index >= 15 is 0 Å². The summed E-state index contributed by atoms with van der Waals surface area (Å²) in [5.74, 6) is 0. The maximum atomic E-state index is 9.15. The van der Waals surface area contributed by atoms with Crippen molar-refractivity contribution in [1.82, 2.24) is 0 Å². The van der Waals surface area contributed by atoms with Crippen molar-refractivity contribution in [2.24, 2.45) is 0 Å². The second-order valence-corrected chi connectivity index (χ2v) is 4.11. The van der Waals surface area contributed by atoms with E-state index in [0.29, 0.717) is 5.69 Å². The van der Waals surface area contributed by atoms with Gasteiger partial charge in [-0.1, -0.05) is 48.5 Å². The average Bonchev–Trinajstić information content (AvgIpc) is 2.46. The molecule has 0 saturated heterocycles. The van der Waals surface area contributed by atoms with Crippen LogP contribution in [-0.4, -0.2) is 6.04 Å². The first kappa shape index (κ1) is 12.7. The summed E-state index contributed by atoms with van der Waals surface area (Å²) in [5.41, 5.74) is 8.30. The molecule has 0 bridgehead atoms. The number of benzene rings is 2. The Hall–Kier alpha value is -2.73. The number of nitrogens with zero attached hydrogens (tertiary/aromatic N) is 1. The van der Waals surface area contributed by atoms with Gasteiger partial charge in [0.1, 0.15) is 6.04 Å². The zero-order valence-corrected chi connectivity index (χ0v) is 10.5. The third kappa shape index (κ3) is 3.62. The third-order valence-corrected chi connectivity index (χ3v) is 2.69. The summed E-state index contributed by atoms with van der Waals surface area (Å²) in [6, 6.07) is 19.0. The molecule has 0 fully saturated rings. The highest BCUT2D eigenvalue weighted by Gasteiger charge is 2.04. The lowest BCUT2D eigenvalue weighted by Crippen LogP contribution is -2.14. The van der Waals surface area contributed by atoms with Gasteiger partial charge in [-0.15, -0.1) is 0 Å². The van der Waals surface area contributed by atoms with E-state index in [1.54, 1.807) is 6.07 Å². The van der Waals surface area contributed by atoms with Crippen LogP contribution in [0.15, 0.2) is 60.7 Å². The number of anilines is 2. The molecule has 0 aliphatic carbocycles. The van der Waals surface area contributed by atoms with Gasteiger partial charge >= 0.3 is 0 Å². The first-order valence-electron chi connectivity index (χ1n) is 6.03. The largest absolute Gasteiger partial charge is 0.397 e. The van der Waals surface area contributed by atoms with E-state index in [1.165, 1.54) is 0 Å². The number of nitrogens with two attached hydrogens (primary N) is 1. The molecule has 0 radical (unpaired) electrons. The van der Waals surface area contributed by atoms with Crippen molar-refractivity contribution >= 4 is 17.5 Å². The van der Waals surface area contributed by atoms with Crippen LogP contribution in [0.1, 0.15) is 5.56 Å². The van der Waals surface area contributed by atoms with Crippen molar-refractivity contribution in [3.63, 3.8) is 0 Å². The molecule has 2 aromatic carbocycles. The van der Waals surface area contributed by atoms with Crippen molar-refractivity contribution in [2.45, 2.75) is 6.04 Å². The van der Waals surface area contributed by atoms with Crippen LogP contribution in [-0.2, 0) is 0 Å². The summed E-state index contributed by atoms with van der Waals surface area (Å²) in [4.78, 5) is 0. The van der Waals surface area contributed by atoms with E-state index in [-0.39, 0.29) is 0 Å². The Bertz CT molecular complexity index is 597. The normalized spacial score (nSPS) is 11.9. The summed E-state index contributed by atoms with van der Waals surface area (Å²) < 4.78 is 0. The summed E-state index contributed by atoms with van der Waals surface area (Å²) >= 11 is 0. The monoisotopic (exact) mass is 249 g/mol. The highest BCUT2D eigenvalue weighted by molar-refractivity contribution is 5.67. The quantitative estimate of drug-likeness (QED) is 0.817. The molecule has 0 aromatic heterocycles. The van der Waals surface area contributed by atoms with Gasteiger partial charge in [-0.05, 0) is 23.8 Å². The van der Waals surface area contributed by atoms with Crippen LogP contribution in [0.3, 0.4) is 0 Å². The van der Waals surface area contributed by atoms with Gasteiger partial charge in [-0.3, -0.25) is 0 Å². The number of hydrogen-bond donors (Lipinski definition) is 2. The average molecular weight is 249 g/mol. The molecule has 2 rings (SSSR count). The predicted molar refractivity (Wildman–Crippen MR) is 79.4 cm³/mol. The van der Waals surface area contributed by atoms with Crippen LogP contribution in [0, 0.1) is 11.3 Å². The molecular formula is C16H15N3. The molecule has 2 aromatic rings. The fourth-order valence-corrected chi connectivity index (χ4v) is 1.69. The van der Waals surface area contributed by atoms with Crippen molar-refractivity contribution in [3.8, 4) is 6.07 Å². The highest BCUT2D eigenvalue weighted by Crippen LogP contribution is 2.18. The van der Waals surface area contributed by atoms with Crippen LogP contribution in [0.5, 0.6) is 0 Å². The van der Waals surface area contributed by atoms with E-state index in [1.807, 2.05) is 60.7 Å². The molecular weight excluding hydrogens is 234 g/mol. The Kier molecular flexibility index (Phi) is 4.20. The molecule has 3 heteroatoms. The Morgan fingerprint density at radius 1 is 1.05 bits per heavy atom. The number of nitrogens with one attached hydrogen (secondary N) is 1. The molecule has 0 spiro atoms. The molecule has 0 saturated carbocycles. The lowest BCUT2D eigenvalue weighted by molar-refractivity contribution is 1.12. The van der Waals surface area contributed by atoms with Crippen molar-refractivity contribution in [3.05, 3.63) is 66.2 Å². The van der Waals surface area contributed by atoms with Gasteiger partial charge in [-0.2, -0.15) is 5.26 Å². The minimum absolute atomic E-state index is 0.412. The number of rotatable bonds is 4. The molecule has 0 unspecified atom stereocenters. The van der Waals surface area contributed by atoms with Gasteiger partial charge in [0.05, 0.1) is 17.4 Å². The Balaban J connectivity index is 2.08. The molecule has 0 amide bonds. The first-order valence-corrected chi connectivity index (χ1v) is 6.03. The molecule has 0 aliphatic heterocycles. The number of nitriles is 1. The molecule has 19 heavy (non-hydrogen) atoms. The number of hydrogen-bond acceptors (Lipinski definition) is 3. The fourth-order valence-electron chi connectivity index (χ4n) is 1.69. The topological polar surface area (TPSA) is 61.8 Å². The summed E-state index contributed by atoms with van der Waals surface area (Å²) in [7, 11) is 0. The van der Waals surface area contributed by atoms with E-state index in [4.69, 9.17) is 11.0 Å². The van der Waals surface area contributed by atoms with Gasteiger partial charge in [-0.25, -0.2) is 0 Å². The van der Waals surface area contributed by atoms with Crippen LogP contribution < -0.4 is 11.1 Å². The third-order valence-electron chi connectivity index (χ3n) is 2.69. The van der Waals surface area contributed by atoms with Crippen molar-refractivity contribution in [2.75, 3.05) is 11.1 Å². The van der Waals surface area contributed by atoms with Crippen molar-refractivity contribution in [1.29, 1.82) is 5.26 Å². The van der Waals surface area contributed by atoms with E-state index in [9.17, 15) is 0 Å². The zero-order chi connectivity index (χ0) is 13.5. The van der Waals surface area contributed by atoms with Gasteiger partial charge in [0, 0.05) is 0 Å². The Labute approximate surface area is 113 Å².